The molecule has 1 amide bonds. The third kappa shape index (κ3) is 5.96. The maximum atomic E-state index is 12.1. The molecule has 1 aliphatic rings. The molecule has 1 fully saturated rings. The molecular formula is C15H26N4O2S. The summed E-state index contributed by atoms with van der Waals surface area (Å²) in [6.07, 6.45) is 9.90. The molecule has 0 saturated heterocycles. The lowest BCUT2D eigenvalue weighted by atomic mass is 10.1. The Hall–Kier alpha value is -1.08. The molecule has 0 bridgehead atoms. The van der Waals surface area contributed by atoms with Crippen LogP contribution in [0.25, 0.3) is 0 Å². The van der Waals surface area contributed by atoms with E-state index in [1.165, 1.54) is 37.4 Å². The number of amides is 1. The monoisotopic (exact) mass is 326 g/mol. The number of hydrogen-bond donors (Lipinski definition) is 1. The van der Waals surface area contributed by atoms with Crippen LogP contribution >= 0.6 is 11.8 Å². The number of aryl methyl sites for hydroxylation is 1. The molecule has 1 aromatic rings. The molecule has 1 N–H and O–H groups in total. The van der Waals surface area contributed by atoms with Gasteiger partial charge in [0.05, 0.1) is 5.75 Å². The number of carbonyl (C=O) groups excluding carboxylic acids is 1. The van der Waals surface area contributed by atoms with Gasteiger partial charge in [-0.15, -0.1) is 10.2 Å². The predicted octanol–water partition coefficient (Wildman–Crippen LogP) is 2.25. The number of methoxy groups -OCH3 is 1. The summed E-state index contributed by atoms with van der Waals surface area (Å²) in [5, 5.41) is 12.0. The third-order valence-corrected chi connectivity index (χ3v) is 4.86. The minimum Gasteiger partial charge on any atom is -0.385 e. The molecule has 0 spiro atoms. The first-order chi connectivity index (χ1) is 10.8. The molecule has 2 rings (SSSR count). The first-order valence-electron chi connectivity index (χ1n) is 8.08. The van der Waals surface area contributed by atoms with Crippen LogP contribution in [-0.2, 0) is 16.1 Å². The maximum absolute atomic E-state index is 12.1. The van der Waals surface area contributed by atoms with Gasteiger partial charge >= 0.3 is 0 Å². The van der Waals surface area contributed by atoms with Gasteiger partial charge < -0.3 is 14.6 Å². The largest absolute Gasteiger partial charge is 0.385 e. The number of rotatable bonds is 8. The molecule has 0 unspecified atom stereocenters. The number of nitrogens with one attached hydrogen (secondary N) is 1. The Morgan fingerprint density at radius 2 is 2.18 bits per heavy atom. The van der Waals surface area contributed by atoms with E-state index in [0.717, 1.165) is 31.0 Å². The molecule has 6 nitrogen and oxygen atoms in total. The summed E-state index contributed by atoms with van der Waals surface area (Å²) in [5.74, 6) is 0.503. The van der Waals surface area contributed by atoms with E-state index in [1.54, 1.807) is 13.4 Å². The zero-order valence-corrected chi connectivity index (χ0v) is 14.1. The minimum absolute atomic E-state index is 0.100. The van der Waals surface area contributed by atoms with Crippen molar-refractivity contribution < 1.29 is 9.53 Å². The molecule has 7 heteroatoms. The van der Waals surface area contributed by atoms with Crippen molar-refractivity contribution in [2.75, 3.05) is 19.5 Å². The van der Waals surface area contributed by atoms with E-state index < -0.39 is 0 Å². The fourth-order valence-electron chi connectivity index (χ4n) is 2.71. The van der Waals surface area contributed by atoms with Gasteiger partial charge in [0.1, 0.15) is 6.33 Å². The molecule has 1 aliphatic carbocycles. The van der Waals surface area contributed by atoms with Crippen LogP contribution in [0, 0.1) is 0 Å². The Morgan fingerprint density at radius 1 is 1.41 bits per heavy atom. The Balaban J connectivity index is 1.72. The smallest absolute Gasteiger partial charge is 0.230 e. The normalized spacial score (nSPS) is 16.4. The number of nitrogens with zero attached hydrogens (tertiary/aromatic N) is 3. The summed E-state index contributed by atoms with van der Waals surface area (Å²) in [6, 6.07) is 0.357. The van der Waals surface area contributed by atoms with Gasteiger partial charge in [-0.3, -0.25) is 4.79 Å². The summed E-state index contributed by atoms with van der Waals surface area (Å²) in [6.45, 7) is 1.53. The molecule has 0 radical (unpaired) electrons. The molecular weight excluding hydrogens is 300 g/mol. The number of carbonyl (C=O) groups is 1. The van der Waals surface area contributed by atoms with E-state index in [-0.39, 0.29) is 5.91 Å². The fourth-order valence-corrected chi connectivity index (χ4v) is 3.46. The Bertz CT molecular complexity index is 445. The molecule has 1 aromatic heterocycles. The highest BCUT2D eigenvalue weighted by atomic mass is 32.2. The molecule has 1 saturated carbocycles. The van der Waals surface area contributed by atoms with Gasteiger partial charge in [-0.2, -0.15) is 0 Å². The summed E-state index contributed by atoms with van der Waals surface area (Å²) in [5.41, 5.74) is 0. The second kappa shape index (κ2) is 9.84. The summed E-state index contributed by atoms with van der Waals surface area (Å²) >= 11 is 1.45. The standard InChI is InChI=1S/C15H26N4O2S/c1-21-10-6-9-19-12-16-18-15(19)22-11-14(20)17-13-7-4-2-3-5-8-13/h12-13H,2-11H2,1H3,(H,17,20). The van der Waals surface area contributed by atoms with E-state index >= 15 is 0 Å². The summed E-state index contributed by atoms with van der Waals surface area (Å²) < 4.78 is 7.02. The van der Waals surface area contributed by atoms with Gasteiger partial charge in [0, 0.05) is 26.3 Å². The second-order valence-electron chi connectivity index (χ2n) is 5.70. The zero-order valence-electron chi connectivity index (χ0n) is 13.3. The van der Waals surface area contributed by atoms with Crippen molar-refractivity contribution in [3.8, 4) is 0 Å². The number of thioether (sulfide) groups is 1. The minimum atomic E-state index is 0.100. The lowest BCUT2D eigenvalue weighted by Crippen LogP contribution is -2.35. The van der Waals surface area contributed by atoms with Gasteiger partial charge in [0.2, 0.25) is 5.91 Å². The quantitative estimate of drug-likeness (QED) is 0.451. The lowest BCUT2D eigenvalue weighted by molar-refractivity contribution is -0.119. The van der Waals surface area contributed by atoms with E-state index in [0.29, 0.717) is 18.4 Å². The van der Waals surface area contributed by atoms with Crippen molar-refractivity contribution in [2.24, 2.45) is 0 Å². The molecule has 0 aliphatic heterocycles. The van der Waals surface area contributed by atoms with Crippen molar-refractivity contribution in [3.63, 3.8) is 0 Å². The van der Waals surface area contributed by atoms with Crippen LogP contribution in [0.15, 0.2) is 11.5 Å². The van der Waals surface area contributed by atoms with Gasteiger partial charge in [-0.25, -0.2) is 0 Å². The fraction of sp³-hybridized carbons (Fsp3) is 0.800. The average molecular weight is 326 g/mol. The maximum Gasteiger partial charge on any atom is 0.230 e. The van der Waals surface area contributed by atoms with Crippen LogP contribution in [0.5, 0.6) is 0 Å². The van der Waals surface area contributed by atoms with Crippen molar-refractivity contribution >= 4 is 17.7 Å². The first-order valence-corrected chi connectivity index (χ1v) is 9.07. The van der Waals surface area contributed by atoms with Crippen LogP contribution in [-0.4, -0.2) is 46.2 Å². The third-order valence-electron chi connectivity index (χ3n) is 3.88. The van der Waals surface area contributed by atoms with E-state index in [2.05, 4.69) is 15.5 Å². The van der Waals surface area contributed by atoms with Crippen molar-refractivity contribution in [2.45, 2.75) is 62.7 Å². The van der Waals surface area contributed by atoms with Crippen LogP contribution < -0.4 is 5.32 Å². The van der Waals surface area contributed by atoms with Gasteiger partial charge in [0.25, 0.3) is 0 Å². The number of ether oxygens (including phenoxy) is 1. The predicted molar refractivity (Wildman–Crippen MR) is 86.9 cm³/mol. The molecule has 0 atom stereocenters. The average Bonchev–Trinajstić information content (AvgIpc) is 2.80. The summed E-state index contributed by atoms with van der Waals surface area (Å²) in [4.78, 5) is 12.1. The van der Waals surface area contributed by atoms with Gasteiger partial charge in [-0.1, -0.05) is 37.4 Å². The summed E-state index contributed by atoms with van der Waals surface area (Å²) in [7, 11) is 1.69. The zero-order chi connectivity index (χ0) is 15.6. The van der Waals surface area contributed by atoms with Crippen molar-refractivity contribution in [3.05, 3.63) is 6.33 Å². The van der Waals surface area contributed by atoms with E-state index in [4.69, 9.17) is 4.74 Å². The van der Waals surface area contributed by atoms with Gasteiger partial charge in [-0.05, 0) is 19.3 Å². The van der Waals surface area contributed by atoms with E-state index in [9.17, 15) is 4.79 Å². The molecule has 1 heterocycles. The van der Waals surface area contributed by atoms with Crippen LogP contribution in [0.2, 0.25) is 0 Å². The van der Waals surface area contributed by atoms with Gasteiger partial charge in [0.15, 0.2) is 5.16 Å². The number of aromatic nitrogens is 3. The van der Waals surface area contributed by atoms with E-state index in [1.807, 2.05) is 4.57 Å². The lowest BCUT2D eigenvalue weighted by Gasteiger charge is -2.15. The molecule has 22 heavy (non-hydrogen) atoms. The molecule has 0 aromatic carbocycles. The van der Waals surface area contributed by atoms with Crippen LogP contribution in [0.3, 0.4) is 0 Å². The second-order valence-corrected chi connectivity index (χ2v) is 6.64. The number of hydrogen-bond acceptors (Lipinski definition) is 5. The SMILES string of the molecule is COCCCn1cnnc1SCC(=O)NC1CCCCCC1. The highest BCUT2D eigenvalue weighted by Gasteiger charge is 2.15. The Labute approximate surface area is 136 Å². The highest BCUT2D eigenvalue weighted by Crippen LogP contribution is 2.18. The van der Waals surface area contributed by atoms with Crippen LogP contribution in [0.1, 0.15) is 44.9 Å². The van der Waals surface area contributed by atoms with Crippen molar-refractivity contribution in [1.29, 1.82) is 0 Å². The topological polar surface area (TPSA) is 69.0 Å². The van der Waals surface area contributed by atoms with Crippen LogP contribution in [0.4, 0.5) is 0 Å². The van der Waals surface area contributed by atoms with Crippen molar-refractivity contribution in [1.82, 2.24) is 20.1 Å². The Morgan fingerprint density at radius 3 is 2.91 bits per heavy atom. The molecule has 124 valence electrons. The Kier molecular flexibility index (Phi) is 7.73. The first kappa shape index (κ1) is 17.3. The highest BCUT2D eigenvalue weighted by molar-refractivity contribution is 7.99.